The summed E-state index contributed by atoms with van der Waals surface area (Å²) in [5.41, 5.74) is 0. The average Bonchev–Trinajstić information content (AvgIpc) is 0.924. The minimum absolute atomic E-state index is 0.00465. The van der Waals surface area contributed by atoms with E-state index in [1.165, 1.54) is 0 Å². The third kappa shape index (κ3) is 71.8. The van der Waals surface area contributed by atoms with Crippen LogP contribution in [0.15, 0.2) is 219 Å². The average molecular weight is 1460 g/mol. The SMILES string of the molecule is CC/C=C\C/C=C\C/C=C\C/C=C\C/C=C\C/C=C\CCC(=O)OCC(COP(=O)(O)OCC(O)COP(=O)(O)OCC(COC(=O)C/C=C\C/C=C\C/C=C\C/C=C\C/C=C\CC)OC(=O)CCCCCCC/C=C\C/C=C\CCC)OC(=O)C/C=C\C/C=C\C/C=C\C/C=C\C/C=C\CC. The molecule has 0 saturated carbocycles. The summed E-state index contributed by atoms with van der Waals surface area (Å²) in [7, 11) is -10.1. The normalized spacial score (nSPS) is 15.2. The van der Waals surface area contributed by atoms with Crippen molar-refractivity contribution in [3.63, 3.8) is 0 Å². The van der Waals surface area contributed by atoms with Crippen LogP contribution >= 0.6 is 15.6 Å². The van der Waals surface area contributed by atoms with Crippen LogP contribution in [0.5, 0.6) is 0 Å². The molecule has 0 bridgehead atoms. The van der Waals surface area contributed by atoms with Crippen LogP contribution in [0.3, 0.4) is 0 Å². The number of aliphatic hydroxyl groups is 1. The Labute approximate surface area is 613 Å². The molecule has 0 aromatic carbocycles. The molecule has 17 nitrogen and oxygen atoms in total. The third-order valence-electron chi connectivity index (χ3n) is 14.0. The van der Waals surface area contributed by atoms with Crippen molar-refractivity contribution < 1.29 is 80.2 Å². The van der Waals surface area contributed by atoms with Gasteiger partial charge in [0.25, 0.3) is 0 Å². The van der Waals surface area contributed by atoms with Gasteiger partial charge in [0.1, 0.15) is 19.3 Å². The zero-order valence-corrected chi connectivity index (χ0v) is 63.7. The molecule has 5 unspecified atom stereocenters. The summed E-state index contributed by atoms with van der Waals surface area (Å²) >= 11 is 0. The van der Waals surface area contributed by atoms with E-state index in [1.807, 2.05) is 48.6 Å². The Morgan fingerprint density at radius 1 is 0.294 bits per heavy atom. The molecule has 3 N–H and O–H groups in total. The van der Waals surface area contributed by atoms with Gasteiger partial charge in [-0.15, -0.1) is 0 Å². The van der Waals surface area contributed by atoms with Crippen molar-refractivity contribution in [2.75, 3.05) is 39.6 Å². The zero-order valence-electron chi connectivity index (χ0n) is 61.9. The largest absolute Gasteiger partial charge is 0.472 e. The predicted octanol–water partition coefficient (Wildman–Crippen LogP) is 21.3. The molecule has 0 aromatic heterocycles. The topological polar surface area (TPSA) is 237 Å². The Bertz CT molecular complexity index is 2800. The number of rotatable bonds is 66. The van der Waals surface area contributed by atoms with Crippen LogP contribution in [-0.4, -0.2) is 96.7 Å². The first kappa shape index (κ1) is 95.4. The molecular weight excluding hydrogens is 1330 g/mol. The molecule has 0 aliphatic rings. The van der Waals surface area contributed by atoms with E-state index < -0.39 is 97.5 Å². The van der Waals surface area contributed by atoms with E-state index in [2.05, 4.69) is 180 Å². The number of ether oxygens (including phenoxy) is 4. The molecule has 0 saturated heterocycles. The van der Waals surface area contributed by atoms with Crippen molar-refractivity contribution in [2.24, 2.45) is 0 Å². The van der Waals surface area contributed by atoms with Crippen LogP contribution in [0.4, 0.5) is 0 Å². The number of aliphatic hydroxyl groups excluding tert-OH is 1. The lowest BCUT2D eigenvalue weighted by Gasteiger charge is -2.21. The van der Waals surface area contributed by atoms with Gasteiger partial charge in [-0.25, -0.2) is 9.13 Å². The van der Waals surface area contributed by atoms with Crippen LogP contribution in [0, 0.1) is 0 Å². The molecule has 5 atom stereocenters. The fourth-order valence-corrected chi connectivity index (χ4v) is 10.1. The lowest BCUT2D eigenvalue weighted by molar-refractivity contribution is -0.160. The fraction of sp³-hybridized carbons (Fsp3) is 0.518. The van der Waals surface area contributed by atoms with Crippen molar-refractivity contribution >= 4 is 39.5 Å². The number of esters is 4. The lowest BCUT2D eigenvalue weighted by Crippen LogP contribution is -2.30. The van der Waals surface area contributed by atoms with Gasteiger partial charge in [-0.3, -0.25) is 37.3 Å². The second kappa shape index (κ2) is 72.7. The maximum atomic E-state index is 13.1. The number of allylic oxidation sites excluding steroid dienone is 34. The molecule has 0 aliphatic carbocycles. The first-order valence-electron chi connectivity index (χ1n) is 37.0. The molecule has 0 fully saturated rings. The minimum Gasteiger partial charge on any atom is -0.462 e. The first-order valence-corrected chi connectivity index (χ1v) is 40.0. The van der Waals surface area contributed by atoms with E-state index in [9.17, 15) is 43.2 Å². The van der Waals surface area contributed by atoms with E-state index in [0.717, 1.165) is 135 Å². The zero-order chi connectivity index (χ0) is 74.6. The standard InChI is InChI=1S/C83H126O17P2/c1-5-9-13-17-21-25-29-33-36-37-38-39-42-45-48-52-56-60-64-68-81(86)94-74-79(100-83(88)70-66-62-58-54-50-46-41-35-31-27-23-19-15-11-7-3)76-98-102(91,92)96-72-77(84)71-95-101(89,90)97-75-78(99-82(87)69-65-61-57-53-49-43-32-28-24-20-16-12-8-4)73-93-80(85)67-63-59-55-51-47-44-40-34-30-26-22-18-14-10-6-2/h9-11,13-16,20-23,25-28,32-36,38-41,45,47-48,50-51,54,56,59-60,62-63,66,77-79,84H,5-8,12,17-19,24,29-31,37,42-44,46,49,52-53,55,57-58,61,64-65,67-76H2,1-4H3,(H,89,90)(H,91,92)/b13-9-,14-10-,15-11-,20-16-,25-21-,26-22-,27-23-,32-28-,36-33-,39-38-,40-34-,41-35-,48-45-,51-47-,54-50-,60-56-,63-59-,66-62-. The van der Waals surface area contributed by atoms with Crippen molar-refractivity contribution in [1.29, 1.82) is 0 Å². The maximum Gasteiger partial charge on any atom is 0.472 e. The van der Waals surface area contributed by atoms with E-state index in [-0.39, 0.29) is 25.7 Å². The molecule has 19 heteroatoms. The smallest absolute Gasteiger partial charge is 0.462 e. The molecular formula is C83H126O17P2. The number of carbonyl (C=O) groups excluding carboxylic acids is 4. The summed E-state index contributed by atoms with van der Waals surface area (Å²) < 4.78 is 68.0. The van der Waals surface area contributed by atoms with Gasteiger partial charge in [0.2, 0.25) is 0 Å². The second-order valence-electron chi connectivity index (χ2n) is 23.4. The van der Waals surface area contributed by atoms with Gasteiger partial charge in [-0.1, -0.05) is 272 Å². The van der Waals surface area contributed by atoms with Gasteiger partial charge in [0.05, 0.1) is 39.3 Å². The molecule has 0 amide bonds. The minimum atomic E-state index is -5.03. The first-order chi connectivity index (χ1) is 49.7. The van der Waals surface area contributed by atoms with E-state index in [4.69, 9.17) is 37.0 Å². The van der Waals surface area contributed by atoms with Crippen molar-refractivity contribution in [1.82, 2.24) is 0 Å². The molecule has 570 valence electrons. The van der Waals surface area contributed by atoms with Crippen LogP contribution in [-0.2, 0) is 65.4 Å². The quantitative estimate of drug-likeness (QED) is 0.0169. The lowest BCUT2D eigenvalue weighted by atomic mass is 10.1. The molecule has 0 radical (unpaired) electrons. The van der Waals surface area contributed by atoms with Crippen LogP contribution in [0.2, 0.25) is 0 Å². The molecule has 0 heterocycles. The van der Waals surface area contributed by atoms with E-state index >= 15 is 0 Å². The highest BCUT2D eigenvalue weighted by atomic mass is 31.2. The maximum absolute atomic E-state index is 13.1. The van der Waals surface area contributed by atoms with Gasteiger partial charge in [-0.05, 0) is 141 Å². The Hall–Kier alpha value is -6.62. The van der Waals surface area contributed by atoms with E-state index in [0.29, 0.717) is 32.1 Å². The monoisotopic (exact) mass is 1460 g/mol. The van der Waals surface area contributed by atoms with Crippen molar-refractivity contribution in [2.45, 2.75) is 239 Å². The molecule has 0 spiro atoms. The van der Waals surface area contributed by atoms with Gasteiger partial charge in [0.15, 0.2) is 12.2 Å². The summed E-state index contributed by atoms with van der Waals surface area (Å²) in [6, 6.07) is 0. The molecule has 0 aromatic rings. The molecule has 0 rings (SSSR count). The number of hydrogen-bond donors (Lipinski definition) is 3. The van der Waals surface area contributed by atoms with Gasteiger partial charge < -0.3 is 33.8 Å². The number of carbonyl (C=O) groups is 4. The number of phosphoric ester groups is 2. The third-order valence-corrected chi connectivity index (χ3v) is 15.9. The van der Waals surface area contributed by atoms with E-state index in [1.54, 1.807) is 18.2 Å². The summed E-state index contributed by atoms with van der Waals surface area (Å²) in [4.78, 5) is 72.6. The van der Waals surface area contributed by atoms with Crippen molar-refractivity contribution in [3.8, 4) is 0 Å². The predicted molar refractivity (Wildman–Crippen MR) is 417 cm³/mol. The Kier molecular flexibility index (Phi) is 68.0. The summed E-state index contributed by atoms with van der Waals surface area (Å²) in [6.45, 7) is 4.05. The number of hydrogen-bond acceptors (Lipinski definition) is 15. The summed E-state index contributed by atoms with van der Waals surface area (Å²) in [6.07, 6.45) is 91.6. The summed E-state index contributed by atoms with van der Waals surface area (Å²) in [5, 5.41) is 10.6. The van der Waals surface area contributed by atoms with Crippen LogP contribution < -0.4 is 0 Å². The second-order valence-corrected chi connectivity index (χ2v) is 26.3. The van der Waals surface area contributed by atoms with Gasteiger partial charge >= 0.3 is 39.5 Å². The van der Waals surface area contributed by atoms with Crippen LogP contribution in [0.25, 0.3) is 0 Å². The Balaban J connectivity index is 5.59. The highest BCUT2D eigenvalue weighted by molar-refractivity contribution is 7.47. The van der Waals surface area contributed by atoms with Crippen LogP contribution in [0.1, 0.15) is 220 Å². The number of unbranched alkanes of at least 4 members (excludes halogenated alkanes) is 6. The van der Waals surface area contributed by atoms with Crippen molar-refractivity contribution in [3.05, 3.63) is 219 Å². The summed E-state index contributed by atoms with van der Waals surface area (Å²) in [5.74, 6) is -2.62. The highest BCUT2D eigenvalue weighted by Crippen LogP contribution is 2.45. The molecule has 102 heavy (non-hydrogen) atoms. The Morgan fingerprint density at radius 2 is 0.578 bits per heavy atom. The fourth-order valence-electron chi connectivity index (χ4n) is 8.49. The van der Waals surface area contributed by atoms with Gasteiger partial charge in [-0.2, -0.15) is 0 Å². The van der Waals surface area contributed by atoms with Gasteiger partial charge in [0, 0.05) is 12.8 Å². The molecule has 0 aliphatic heterocycles. The Morgan fingerprint density at radius 3 is 0.951 bits per heavy atom. The highest BCUT2D eigenvalue weighted by Gasteiger charge is 2.30. The number of phosphoric acid groups is 2.